The Balaban J connectivity index is 2.17. The molecule has 0 fully saturated rings. The van der Waals surface area contributed by atoms with Crippen LogP contribution in [0.15, 0.2) is 22.6 Å². The maximum absolute atomic E-state index is 11.0. The number of ether oxygens (including phenoxy) is 1. The number of aryl methyl sites for hydroxylation is 1. The predicted octanol–water partition coefficient (Wildman–Crippen LogP) is 4.68. The van der Waals surface area contributed by atoms with E-state index in [0.29, 0.717) is 11.5 Å². The number of carboxylic acid groups (broad SMARTS) is 1. The van der Waals surface area contributed by atoms with Crippen molar-refractivity contribution in [1.29, 1.82) is 0 Å². The van der Waals surface area contributed by atoms with Crippen molar-refractivity contribution in [2.45, 2.75) is 13.5 Å². The fourth-order valence-corrected chi connectivity index (χ4v) is 5.53. The zero-order valence-corrected chi connectivity index (χ0v) is 16.7. The third-order valence-electron chi connectivity index (χ3n) is 2.52. The van der Waals surface area contributed by atoms with Crippen molar-refractivity contribution < 1.29 is 19.1 Å². The molecular formula is C13H9I3O4. The second-order valence-electron chi connectivity index (χ2n) is 3.97. The van der Waals surface area contributed by atoms with Gasteiger partial charge in [0, 0.05) is 3.57 Å². The minimum Gasteiger partial charge on any atom is -0.483 e. The van der Waals surface area contributed by atoms with E-state index in [4.69, 9.17) is 14.3 Å². The Hall–Kier alpha value is -0.0400. The molecule has 1 aromatic carbocycles. The summed E-state index contributed by atoms with van der Waals surface area (Å²) in [6, 6.07) is 5.55. The van der Waals surface area contributed by atoms with Gasteiger partial charge in [0.05, 0.1) is 7.14 Å². The van der Waals surface area contributed by atoms with Crippen molar-refractivity contribution in [1.82, 2.24) is 0 Å². The van der Waals surface area contributed by atoms with Crippen LogP contribution < -0.4 is 4.74 Å². The van der Waals surface area contributed by atoms with Crippen molar-refractivity contribution >= 4 is 73.7 Å². The standard InChI is InChI=1S/C13H9I3O4/c1-6-9(13(17)18)4-8(20-6)5-19-12-10(15)2-7(14)3-11(12)16/h2-4H,5H2,1H3,(H,17,18). The van der Waals surface area contributed by atoms with E-state index in [0.717, 1.165) is 16.5 Å². The summed E-state index contributed by atoms with van der Waals surface area (Å²) >= 11 is 6.69. The number of rotatable bonds is 4. The van der Waals surface area contributed by atoms with E-state index in [-0.39, 0.29) is 12.2 Å². The van der Waals surface area contributed by atoms with Crippen LogP contribution in [0.25, 0.3) is 0 Å². The Labute approximate surface area is 156 Å². The number of hydrogen-bond donors (Lipinski definition) is 1. The largest absolute Gasteiger partial charge is 0.483 e. The fraction of sp³-hybridized carbons (Fsp3) is 0.154. The van der Waals surface area contributed by atoms with Gasteiger partial charge in [0.15, 0.2) is 0 Å². The van der Waals surface area contributed by atoms with Gasteiger partial charge >= 0.3 is 5.97 Å². The van der Waals surface area contributed by atoms with E-state index in [9.17, 15) is 4.79 Å². The third-order valence-corrected chi connectivity index (χ3v) is 4.75. The summed E-state index contributed by atoms with van der Waals surface area (Å²) in [5.74, 6) is 0.696. The number of carbonyl (C=O) groups is 1. The summed E-state index contributed by atoms with van der Waals surface area (Å²) in [4.78, 5) is 11.0. The molecule has 0 bridgehead atoms. The molecule has 0 saturated carbocycles. The third kappa shape index (κ3) is 3.78. The molecule has 0 spiro atoms. The molecule has 4 nitrogen and oxygen atoms in total. The maximum Gasteiger partial charge on any atom is 0.339 e. The highest BCUT2D eigenvalue weighted by molar-refractivity contribution is 14.1. The van der Waals surface area contributed by atoms with Gasteiger partial charge in [-0.1, -0.05) is 0 Å². The second-order valence-corrected chi connectivity index (χ2v) is 7.54. The number of furan rings is 1. The molecule has 0 amide bonds. The molecule has 0 atom stereocenters. The summed E-state index contributed by atoms with van der Waals surface area (Å²) < 4.78 is 14.3. The number of hydrogen-bond acceptors (Lipinski definition) is 3. The molecule has 0 unspecified atom stereocenters. The van der Waals surface area contributed by atoms with E-state index >= 15 is 0 Å². The zero-order chi connectivity index (χ0) is 14.9. The molecule has 20 heavy (non-hydrogen) atoms. The second kappa shape index (κ2) is 6.81. The molecular weight excluding hydrogens is 601 g/mol. The van der Waals surface area contributed by atoms with Crippen molar-refractivity contribution in [3.63, 3.8) is 0 Å². The molecule has 1 aromatic heterocycles. The summed E-state index contributed by atoms with van der Waals surface area (Å²) in [6.45, 7) is 1.84. The van der Waals surface area contributed by atoms with Crippen LogP contribution in [0.2, 0.25) is 0 Å². The molecule has 0 saturated heterocycles. The van der Waals surface area contributed by atoms with E-state index in [2.05, 4.69) is 67.8 Å². The number of carboxylic acids is 1. The molecule has 2 rings (SSSR count). The lowest BCUT2D eigenvalue weighted by Crippen LogP contribution is -1.99. The first-order chi connectivity index (χ1) is 9.38. The minimum absolute atomic E-state index is 0.176. The van der Waals surface area contributed by atoms with E-state index < -0.39 is 5.97 Å². The molecule has 0 aliphatic carbocycles. The monoisotopic (exact) mass is 610 g/mol. The fourth-order valence-electron chi connectivity index (χ4n) is 1.64. The molecule has 0 radical (unpaired) electrons. The highest BCUT2D eigenvalue weighted by Crippen LogP contribution is 2.30. The van der Waals surface area contributed by atoms with Crippen LogP contribution in [0.4, 0.5) is 0 Å². The molecule has 1 heterocycles. The molecule has 2 aromatic rings. The van der Waals surface area contributed by atoms with Crippen LogP contribution in [0, 0.1) is 17.6 Å². The first-order valence-corrected chi connectivity index (χ1v) is 8.72. The lowest BCUT2D eigenvalue weighted by molar-refractivity contribution is 0.0695. The Morgan fingerprint density at radius 1 is 1.25 bits per heavy atom. The average Bonchev–Trinajstić information content (AvgIpc) is 2.69. The average molecular weight is 610 g/mol. The number of benzene rings is 1. The van der Waals surface area contributed by atoms with Gasteiger partial charge in [-0.3, -0.25) is 0 Å². The van der Waals surface area contributed by atoms with E-state index in [1.54, 1.807) is 6.92 Å². The SMILES string of the molecule is Cc1oc(COc2c(I)cc(I)cc2I)cc1C(=O)O. The van der Waals surface area contributed by atoms with Crippen LogP contribution in [-0.4, -0.2) is 11.1 Å². The zero-order valence-electron chi connectivity index (χ0n) is 10.2. The van der Waals surface area contributed by atoms with E-state index in [1.165, 1.54) is 6.07 Å². The maximum atomic E-state index is 11.0. The lowest BCUT2D eigenvalue weighted by atomic mass is 10.2. The van der Waals surface area contributed by atoms with E-state index in [1.807, 2.05) is 12.1 Å². The number of aromatic carboxylic acids is 1. The first-order valence-electron chi connectivity index (χ1n) is 5.48. The van der Waals surface area contributed by atoms with Gasteiger partial charge in [-0.25, -0.2) is 4.79 Å². The molecule has 0 aliphatic rings. The van der Waals surface area contributed by atoms with Crippen LogP contribution in [0.1, 0.15) is 21.9 Å². The van der Waals surface area contributed by atoms with Gasteiger partial charge in [0.2, 0.25) is 0 Å². The van der Waals surface area contributed by atoms with Crippen molar-refractivity contribution in [2.75, 3.05) is 0 Å². The summed E-state index contributed by atoms with van der Waals surface area (Å²) in [5.41, 5.74) is 0.176. The Morgan fingerprint density at radius 2 is 1.85 bits per heavy atom. The molecule has 7 heteroatoms. The van der Waals surface area contributed by atoms with Crippen LogP contribution in [0.5, 0.6) is 5.75 Å². The first kappa shape index (κ1) is 16.3. The Kier molecular flexibility index (Phi) is 5.56. The summed E-state index contributed by atoms with van der Waals surface area (Å²) in [6.07, 6.45) is 0. The van der Waals surface area contributed by atoms with Gasteiger partial charge in [0.1, 0.15) is 29.4 Å². The normalized spacial score (nSPS) is 10.6. The summed E-state index contributed by atoms with van der Waals surface area (Å²) in [5, 5.41) is 8.98. The Bertz CT molecular complexity index is 641. The number of halogens is 3. The highest BCUT2D eigenvalue weighted by atomic mass is 127. The quantitative estimate of drug-likeness (QED) is 0.512. The highest BCUT2D eigenvalue weighted by Gasteiger charge is 2.15. The van der Waals surface area contributed by atoms with Crippen LogP contribution in [0.3, 0.4) is 0 Å². The van der Waals surface area contributed by atoms with Crippen molar-refractivity contribution in [3.8, 4) is 5.75 Å². The molecule has 106 valence electrons. The summed E-state index contributed by atoms with van der Waals surface area (Å²) in [7, 11) is 0. The van der Waals surface area contributed by atoms with Crippen molar-refractivity contribution in [2.24, 2.45) is 0 Å². The smallest absolute Gasteiger partial charge is 0.339 e. The van der Waals surface area contributed by atoms with Crippen molar-refractivity contribution in [3.05, 3.63) is 46.0 Å². The molecule has 0 aliphatic heterocycles. The van der Waals surface area contributed by atoms with Crippen LogP contribution >= 0.6 is 67.8 Å². The minimum atomic E-state index is -0.990. The molecule has 1 N–H and O–H groups in total. The topological polar surface area (TPSA) is 59.7 Å². The van der Waals surface area contributed by atoms with Crippen LogP contribution in [-0.2, 0) is 6.61 Å². The van der Waals surface area contributed by atoms with Gasteiger partial charge in [0.25, 0.3) is 0 Å². The predicted molar refractivity (Wildman–Crippen MR) is 99.3 cm³/mol. The van der Waals surface area contributed by atoms with Gasteiger partial charge in [-0.15, -0.1) is 0 Å². The lowest BCUT2D eigenvalue weighted by Gasteiger charge is -2.09. The van der Waals surface area contributed by atoms with Gasteiger partial charge < -0.3 is 14.3 Å². The Morgan fingerprint density at radius 3 is 2.35 bits per heavy atom. The van der Waals surface area contributed by atoms with Gasteiger partial charge in [-0.05, 0) is 92.9 Å². The van der Waals surface area contributed by atoms with Gasteiger partial charge in [-0.2, -0.15) is 0 Å².